The molecule has 1 N–H and O–H groups in total. The minimum absolute atomic E-state index is 0.0825. The van der Waals surface area contributed by atoms with Crippen molar-refractivity contribution in [3.63, 3.8) is 0 Å². The molecule has 1 aromatic carbocycles. The lowest BCUT2D eigenvalue weighted by Gasteiger charge is -2.32. The molecular formula is C24H31N4O2+. The molecule has 30 heavy (non-hydrogen) atoms. The van der Waals surface area contributed by atoms with E-state index in [1.54, 1.807) is 12.0 Å². The van der Waals surface area contributed by atoms with Gasteiger partial charge in [0.05, 0.1) is 45.5 Å². The molecule has 4 rings (SSSR count). The minimum atomic E-state index is -0.0825. The van der Waals surface area contributed by atoms with E-state index in [2.05, 4.69) is 35.4 Å². The number of benzene rings is 1. The van der Waals surface area contributed by atoms with E-state index in [1.807, 2.05) is 41.6 Å². The van der Waals surface area contributed by atoms with Crippen molar-refractivity contribution >= 4 is 11.6 Å². The van der Waals surface area contributed by atoms with E-state index < -0.39 is 0 Å². The predicted octanol–water partition coefficient (Wildman–Crippen LogP) is 1.92. The van der Waals surface area contributed by atoms with Gasteiger partial charge in [0.25, 0.3) is 0 Å². The van der Waals surface area contributed by atoms with Gasteiger partial charge in [-0.15, -0.1) is 0 Å². The highest BCUT2D eigenvalue weighted by atomic mass is 16.5. The van der Waals surface area contributed by atoms with Gasteiger partial charge in [-0.3, -0.25) is 4.79 Å². The molecule has 6 heteroatoms. The standard InChI is InChI=1S/C24H30N4O2/c1-4-26-11-13-27(14-12-26)23(29)16-21(19-8-5-9-20(15-19)30-3)22-17-25-24-18(2)7-6-10-28(22)24/h5-10,15,17,21H,4,11-14,16H2,1-3H3/p+1/t21-/m1/s1. The van der Waals surface area contributed by atoms with Crippen LogP contribution in [0.3, 0.4) is 0 Å². The van der Waals surface area contributed by atoms with Crippen molar-refractivity contribution < 1.29 is 14.4 Å². The number of aryl methyl sites for hydroxylation is 1. The van der Waals surface area contributed by atoms with E-state index in [9.17, 15) is 4.79 Å². The van der Waals surface area contributed by atoms with Crippen molar-refractivity contribution in [3.8, 4) is 5.75 Å². The van der Waals surface area contributed by atoms with Crippen LogP contribution in [-0.4, -0.2) is 60.0 Å². The Kier molecular flexibility index (Phi) is 6.04. The van der Waals surface area contributed by atoms with Crippen LogP contribution in [0.25, 0.3) is 5.65 Å². The fraction of sp³-hybridized carbons (Fsp3) is 0.417. The number of nitrogens with one attached hydrogen (secondary N) is 1. The number of piperazine rings is 1. The van der Waals surface area contributed by atoms with Crippen molar-refractivity contribution in [3.05, 3.63) is 65.6 Å². The molecule has 0 aliphatic carbocycles. The van der Waals surface area contributed by atoms with E-state index in [0.29, 0.717) is 6.42 Å². The number of methoxy groups -OCH3 is 1. The molecule has 6 nitrogen and oxygen atoms in total. The summed E-state index contributed by atoms with van der Waals surface area (Å²) in [6.45, 7) is 9.11. The molecule has 3 aromatic rings. The van der Waals surface area contributed by atoms with Crippen molar-refractivity contribution in [2.24, 2.45) is 0 Å². The third-order valence-corrected chi connectivity index (χ3v) is 6.31. The maximum Gasteiger partial charge on any atom is 0.223 e. The van der Waals surface area contributed by atoms with Crippen LogP contribution in [0.4, 0.5) is 0 Å². The van der Waals surface area contributed by atoms with Gasteiger partial charge < -0.3 is 18.9 Å². The first-order chi connectivity index (χ1) is 14.6. The van der Waals surface area contributed by atoms with Crippen LogP contribution in [0.1, 0.15) is 36.1 Å². The average Bonchev–Trinajstić information content (AvgIpc) is 3.22. The highest BCUT2D eigenvalue weighted by Crippen LogP contribution is 2.32. The second-order valence-corrected chi connectivity index (χ2v) is 8.09. The van der Waals surface area contributed by atoms with Crippen molar-refractivity contribution in [1.29, 1.82) is 0 Å². The summed E-state index contributed by atoms with van der Waals surface area (Å²) in [6.07, 6.45) is 4.38. The van der Waals surface area contributed by atoms with Gasteiger partial charge in [-0.2, -0.15) is 0 Å². The van der Waals surface area contributed by atoms with E-state index in [1.165, 1.54) is 0 Å². The monoisotopic (exact) mass is 407 g/mol. The largest absolute Gasteiger partial charge is 0.497 e. The van der Waals surface area contributed by atoms with E-state index in [4.69, 9.17) is 4.74 Å². The Morgan fingerprint density at radius 2 is 2.03 bits per heavy atom. The average molecular weight is 408 g/mol. The lowest BCUT2D eigenvalue weighted by Crippen LogP contribution is -3.14. The van der Waals surface area contributed by atoms with E-state index in [-0.39, 0.29) is 11.8 Å². The number of quaternary nitrogens is 1. The molecule has 1 amide bonds. The lowest BCUT2D eigenvalue weighted by atomic mass is 9.91. The molecule has 0 saturated carbocycles. The summed E-state index contributed by atoms with van der Waals surface area (Å²) >= 11 is 0. The number of aromatic nitrogens is 2. The van der Waals surface area contributed by atoms with Crippen LogP contribution in [0.15, 0.2) is 48.8 Å². The van der Waals surface area contributed by atoms with Crippen LogP contribution < -0.4 is 9.64 Å². The fourth-order valence-corrected chi connectivity index (χ4v) is 4.41. The summed E-state index contributed by atoms with van der Waals surface area (Å²) in [5.74, 6) is 0.927. The number of fused-ring (bicyclic) bond motifs is 1. The molecule has 1 aliphatic rings. The Morgan fingerprint density at radius 3 is 2.77 bits per heavy atom. The van der Waals surface area contributed by atoms with E-state index >= 15 is 0 Å². The van der Waals surface area contributed by atoms with E-state index in [0.717, 1.165) is 60.9 Å². The van der Waals surface area contributed by atoms with Crippen molar-refractivity contribution in [2.45, 2.75) is 26.2 Å². The van der Waals surface area contributed by atoms with Crippen LogP contribution >= 0.6 is 0 Å². The highest BCUT2D eigenvalue weighted by Gasteiger charge is 2.28. The first kappa shape index (κ1) is 20.4. The minimum Gasteiger partial charge on any atom is -0.497 e. The number of pyridine rings is 1. The lowest BCUT2D eigenvalue weighted by molar-refractivity contribution is -0.902. The van der Waals surface area contributed by atoms with Crippen molar-refractivity contribution in [2.75, 3.05) is 39.8 Å². The maximum absolute atomic E-state index is 13.3. The Morgan fingerprint density at radius 1 is 1.23 bits per heavy atom. The summed E-state index contributed by atoms with van der Waals surface area (Å²) in [5, 5.41) is 0. The number of hydrogen-bond acceptors (Lipinski definition) is 3. The van der Waals surface area contributed by atoms with Gasteiger partial charge in [-0.05, 0) is 43.2 Å². The Labute approximate surface area is 178 Å². The number of amides is 1. The Balaban J connectivity index is 1.67. The van der Waals surface area contributed by atoms with Crippen LogP contribution in [0.2, 0.25) is 0 Å². The number of likely N-dealkylation sites (N-methyl/N-ethyl adjacent to an activating group) is 1. The molecule has 0 radical (unpaired) electrons. The molecule has 0 bridgehead atoms. The number of imidazole rings is 1. The molecule has 1 aliphatic heterocycles. The second-order valence-electron chi connectivity index (χ2n) is 8.09. The first-order valence-electron chi connectivity index (χ1n) is 10.8. The third-order valence-electron chi connectivity index (χ3n) is 6.31. The molecule has 0 unspecified atom stereocenters. The summed E-state index contributed by atoms with van der Waals surface area (Å²) in [5.41, 5.74) is 4.17. The molecule has 1 atom stereocenters. The van der Waals surface area contributed by atoms with Gasteiger partial charge in [0.1, 0.15) is 11.4 Å². The summed E-state index contributed by atoms with van der Waals surface area (Å²) in [4.78, 5) is 21.5. The number of carbonyl (C=O) groups is 1. The van der Waals surface area contributed by atoms with Crippen LogP contribution in [0, 0.1) is 6.92 Å². The molecular weight excluding hydrogens is 376 g/mol. The highest BCUT2D eigenvalue weighted by molar-refractivity contribution is 5.78. The van der Waals surface area contributed by atoms with Crippen LogP contribution in [-0.2, 0) is 4.79 Å². The Hall–Kier alpha value is -2.86. The second kappa shape index (κ2) is 8.88. The predicted molar refractivity (Wildman–Crippen MR) is 117 cm³/mol. The van der Waals surface area contributed by atoms with Gasteiger partial charge in [0.2, 0.25) is 5.91 Å². The van der Waals surface area contributed by atoms with Gasteiger partial charge in [-0.1, -0.05) is 18.2 Å². The normalized spacial score (nSPS) is 16.0. The molecule has 1 saturated heterocycles. The van der Waals surface area contributed by atoms with Crippen LogP contribution in [0.5, 0.6) is 5.75 Å². The maximum atomic E-state index is 13.3. The number of carbonyl (C=O) groups excluding carboxylic acids is 1. The zero-order chi connectivity index (χ0) is 21.1. The number of nitrogens with zero attached hydrogens (tertiary/aromatic N) is 3. The zero-order valence-electron chi connectivity index (χ0n) is 18.1. The topological polar surface area (TPSA) is 51.3 Å². The summed E-state index contributed by atoms with van der Waals surface area (Å²) in [6, 6.07) is 12.1. The molecule has 1 fully saturated rings. The first-order valence-corrected chi connectivity index (χ1v) is 10.8. The SMILES string of the molecule is CC[NH+]1CCN(C(=O)C[C@H](c2cccc(OC)c2)c2cnc3c(C)cccn23)CC1. The number of rotatable bonds is 6. The summed E-state index contributed by atoms with van der Waals surface area (Å²) in [7, 11) is 1.67. The van der Waals surface area contributed by atoms with Gasteiger partial charge in [-0.25, -0.2) is 4.98 Å². The quantitative estimate of drug-likeness (QED) is 0.679. The zero-order valence-corrected chi connectivity index (χ0v) is 18.1. The van der Waals surface area contributed by atoms with Gasteiger partial charge in [0, 0.05) is 24.7 Å². The van der Waals surface area contributed by atoms with Crippen molar-refractivity contribution in [1.82, 2.24) is 14.3 Å². The number of ether oxygens (including phenoxy) is 1. The summed E-state index contributed by atoms with van der Waals surface area (Å²) < 4.78 is 7.57. The third kappa shape index (κ3) is 4.05. The Bertz CT molecular complexity index is 1020. The molecule has 0 spiro atoms. The molecule has 158 valence electrons. The molecule has 3 heterocycles. The van der Waals surface area contributed by atoms with Gasteiger partial charge >= 0.3 is 0 Å². The van der Waals surface area contributed by atoms with Gasteiger partial charge in [0.15, 0.2) is 0 Å². The smallest absolute Gasteiger partial charge is 0.223 e. The fourth-order valence-electron chi connectivity index (χ4n) is 4.41. The number of hydrogen-bond donors (Lipinski definition) is 1. The molecule has 2 aromatic heterocycles.